The molecule has 0 bridgehead atoms. The van der Waals surface area contributed by atoms with Crippen LogP contribution in [0, 0.1) is 6.92 Å². The number of hydrogen-bond donors (Lipinski definition) is 2. The molecular formula is C10H15BrN2O3S2. The first-order valence-electron chi connectivity index (χ1n) is 5.47. The van der Waals surface area contributed by atoms with E-state index in [0.29, 0.717) is 17.3 Å². The SMILES string of the molecule is Cc1cc(S(=O)(=O)N(C)[C@H]2CNC[C@@H]2O)sc1Br. The number of nitrogens with one attached hydrogen (secondary N) is 1. The summed E-state index contributed by atoms with van der Waals surface area (Å²) >= 11 is 4.52. The van der Waals surface area contributed by atoms with Crippen molar-refractivity contribution in [1.29, 1.82) is 0 Å². The molecule has 0 spiro atoms. The van der Waals surface area contributed by atoms with Crippen molar-refractivity contribution in [2.75, 3.05) is 20.1 Å². The highest BCUT2D eigenvalue weighted by atomic mass is 79.9. The van der Waals surface area contributed by atoms with E-state index in [9.17, 15) is 13.5 Å². The zero-order valence-electron chi connectivity index (χ0n) is 10.1. The normalized spacial score (nSPS) is 24.9. The first-order valence-corrected chi connectivity index (χ1v) is 8.51. The van der Waals surface area contributed by atoms with E-state index in [2.05, 4.69) is 21.2 Å². The highest BCUT2D eigenvalue weighted by Gasteiger charge is 2.36. The summed E-state index contributed by atoms with van der Waals surface area (Å²) in [7, 11) is -2.02. The van der Waals surface area contributed by atoms with Gasteiger partial charge in [0, 0.05) is 20.1 Å². The number of aryl methyl sites for hydroxylation is 1. The monoisotopic (exact) mass is 354 g/mol. The second-order valence-corrected chi connectivity index (χ2v) is 8.93. The fraction of sp³-hybridized carbons (Fsp3) is 0.600. The van der Waals surface area contributed by atoms with Crippen molar-refractivity contribution >= 4 is 37.3 Å². The smallest absolute Gasteiger partial charge is 0.252 e. The lowest BCUT2D eigenvalue weighted by Crippen LogP contribution is -2.43. The van der Waals surface area contributed by atoms with Crippen LogP contribution in [0.2, 0.25) is 0 Å². The zero-order valence-corrected chi connectivity index (χ0v) is 13.3. The van der Waals surface area contributed by atoms with Gasteiger partial charge < -0.3 is 10.4 Å². The standard InChI is InChI=1S/C10H15BrN2O3S2/c1-6-3-9(17-10(6)11)18(15,16)13(2)7-4-12-5-8(7)14/h3,7-8,12,14H,4-5H2,1-2H3/t7-,8-/m0/s1. The second-order valence-electron chi connectivity index (χ2n) is 4.34. The van der Waals surface area contributed by atoms with Crippen LogP contribution in [-0.2, 0) is 10.0 Å². The molecule has 0 radical (unpaired) electrons. The zero-order chi connectivity index (χ0) is 13.5. The van der Waals surface area contributed by atoms with Gasteiger partial charge in [-0.15, -0.1) is 11.3 Å². The number of halogens is 1. The maximum atomic E-state index is 12.4. The number of nitrogens with zero attached hydrogens (tertiary/aromatic N) is 1. The molecule has 8 heteroatoms. The molecule has 1 aromatic rings. The van der Waals surface area contributed by atoms with Gasteiger partial charge in [-0.25, -0.2) is 8.42 Å². The minimum atomic E-state index is -3.54. The number of rotatable bonds is 3. The van der Waals surface area contributed by atoms with Crippen LogP contribution in [-0.4, -0.2) is 50.1 Å². The Labute approximate surface area is 119 Å². The van der Waals surface area contributed by atoms with Crippen LogP contribution in [0.1, 0.15) is 5.56 Å². The third-order valence-corrected chi connectivity index (χ3v) is 7.55. The lowest BCUT2D eigenvalue weighted by molar-refractivity contribution is 0.136. The Hall–Kier alpha value is 0.01000. The van der Waals surface area contributed by atoms with Crippen LogP contribution in [0.3, 0.4) is 0 Å². The van der Waals surface area contributed by atoms with E-state index in [1.807, 2.05) is 6.92 Å². The van der Waals surface area contributed by atoms with Crippen molar-refractivity contribution in [2.24, 2.45) is 0 Å². The second kappa shape index (κ2) is 5.18. The van der Waals surface area contributed by atoms with Gasteiger partial charge in [0.2, 0.25) is 0 Å². The van der Waals surface area contributed by atoms with Gasteiger partial charge in [0.1, 0.15) is 4.21 Å². The molecule has 0 saturated carbocycles. The minimum absolute atomic E-state index is 0.300. The summed E-state index contributed by atoms with van der Waals surface area (Å²) in [4.78, 5) is 0. The van der Waals surface area contributed by atoms with Crippen LogP contribution in [0.4, 0.5) is 0 Å². The van der Waals surface area contributed by atoms with E-state index in [1.54, 1.807) is 6.07 Å². The van der Waals surface area contributed by atoms with Gasteiger partial charge in [0.25, 0.3) is 10.0 Å². The molecule has 2 N–H and O–H groups in total. The molecule has 102 valence electrons. The Morgan fingerprint density at radius 3 is 2.67 bits per heavy atom. The average molecular weight is 355 g/mol. The highest BCUT2D eigenvalue weighted by molar-refractivity contribution is 9.11. The van der Waals surface area contributed by atoms with Crippen molar-refractivity contribution in [3.05, 3.63) is 15.4 Å². The molecule has 0 aliphatic carbocycles. The van der Waals surface area contributed by atoms with Crippen molar-refractivity contribution in [3.8, 4) is 0 Å². The topological polar surface area (TPSA) is 69.6 Å². The summed E-state index contributed by atoms with van der Waals surface area (Å²) in [5.74, 6) is 0. The maximum absolute atomic E-state index is 12.4. The van der Waals surface area contributed by atoms with E-state index in [1.165, 1.54) is 22.7 Å². The van der Waals surface area contributed by atoms with Crippen LogP contribution >= 0.6 is 27.3 Å². The fourth-order valence-electron chi connectivity index (χ4n) is 1.90. The number of aliphatic hydroxyl groups excluding tert-OH is 1. The van der Waals surface area contributed by atoms with Crippen LogP contribution in [0.15, 0.2) is 14.1 Å². The van der Waals surface area contributed by atoms with Gasteiger partial charge >= 0.3 is 0 Å². The third kappa shape index (κ3) is 2.50. The summed E-state index contributed by atoms with van der Waals surface area (Å²) in [6.07, 6.45) is -0.658. The predicted octanol–water partition coefficient (Wildman–Crippen LogP) is 0.772. The van der Waals surface area contributed by atoms with Crippen molar-refractivity contribution in [1.82, 2.24) is 9.62 Å². The average Bonchev–Trinajstić information content (AvgIpc) is 2.85. The van der Waals surface area contributed by atoms with Gasteiger partial charge in [-0.05, 0) is 34.5 Å². The van der Waals surface area contributed by atoms with E-state index in [4.69, 9.17) is 0 Å². The number of β-amino-alcohol motifs (C(OH)–C–C–N with tert-alkyl or cyclic N) is 1. The van der Waals surface area contributed by atoms with Gasteiger partial charge in [0.05, 0.1) is 15.9 Å². The summed E-state index contributed by atoms with van der Waals surface area (Å²) in [5, 5.41) is 12.7. The number of aliphatic hydroxyl groups is 1. The number of hydrogen-bond acceptors (Lipinski definition) is 5. The number of thiophene rings is 1. The molecule has 0 amide bonds. The van der Waals surface area contributed by atoms with Gasteiger partial charge in [-0.1, -0.05) is 0 Å². The van der Waals surface area contributed by atoms with Crippen molar-refractivity contribution in [3.63, 3.8) is 0 Å². The first-order chi connectivity index (χ1) is 8.34. The first kappa shape index (κ1) is 14.4. The van der Waals surface area contributed by atoms with Crippen LogP contribution in [0.25, 0.3) is 0 Å². The predicted molar refractivity (Wildman–Crippen MR) is 74.4 cm³/mol. The fourth-order valence-corrected chi connectivity index (χ4v) is 5.70. The van der Waals surface area contributed by atoms with Crippen molar-refractivity contribution < 1.29 is 13.5 Å². The van der Waals surface area contributed by atoms with Crippen LogP contribution in [0.5, 0.6) is 0 Å². The summed E-state index contributed by atoms with van der Waals surface area (Å²) in [5.41, 5.74) is 0.900. The summed E-state index contributed by atoms with van der Waals surface area (Å²) < 4.78 is 27.2. The lowest BCUT2D eigenvalue weighted by Gasteiger charge is -2.24. The number of likely N-dealkylation sites (N-methyl/N-ethyl adjacent to an activating group) is 1. The lowest BCUT2D eigenvalue weighted by atomic mass is 10.2. The van der Waals surface area contributed by atoms with E-state index >= 15 is 0 Å². The molecule has 1 aliphatic rings. The molecule has 5 nitrogen and oxygen atoms in total. The van der Waals surface area contributed by atoms with Gasteiger partial charge in [-0.2, -0.15) is 4.31 Å². The largest absolute Gasteiger partial charge is 0.390 e. The molecule has 0 unspecified atom stereocenters. The molecule has 0 aromatic carbocycles. The summed E-state index contributed by atoms with van der Waals surface area (Å²) in [6.45, 7) is 2.76. The maximum Gasteiger partial charge on any atom is 0.252 e. The van der Waals surface area contributed by atoms with E-state index < -0.39 is 22.2 Å². The molecular weight excluding hydrogens is 340 g/mol. The molecule has 18 heavy (non-hydrogen) atoms. The van der Waals surface area contributed by atoms with Crippen LogP contribution < -0.4 is 5.32 Å². The van der Waals surface area contributed by atoms with Gasteiger partial charge in [0.15, 0.2) is 0 Å². The molecule has 2 atom stereocenters. The Morgan fingerprint density at radius 1 is 1.56 bits per heavy atom. The van der Waals surface area contributed by atoms with E-state index in [0.717, 1.165) is 9.35 Å². The summed E-state index contributed by atoms with van der Waals surface area (Å²) in [6, 6.07) is 1.24. The van der Waals surface area contributed by atoms with E-state index in [-0.39, 0.29) is 0 Å². The molecule has 1 saturated heterocycles. The third-order valence-electron chi connectivity index (χ3n) is 3.09. The quantitative estimate of drug-likeness (QED) is 0.841. The molecule has 1 aliphatic heterocycles. The Bertz CT molecular complexity index is 524. The Morgan fingerprint density at radius 2 is 2.22 bits per heavy atom. The molecule has 2 heterocycles. The molecule has 2 rings (SSSR count). The molecule has 1 fully saturated rings. The Balaban J connectivity index is 2.30. The van der Waals surface area contributed by atoms with Crippen molar-refractivity contribution in [2.45, 2.75) is 23.3 Å². The minimum Gasteiger partial charge on any atom is -0.390 e. The molecule has 1 aromatic heterocycles. The highest BCUT2D eigenvalue weighted by Crippen LogP contribution is 2.32. The number of sulfonamides is 1. The Kier molecular flexibility index (Phi) is 4.15. The van der Waals surface area contributed by atoms with Gasteiger partial charge in [-0.3, -0.25) is 0 Å².